The lowest BCUT2D eigenvalue weighted by atomic mass is 10.2. The van der Waals surface area contributed by atoms with E-state index < -0.39 is 0 Å². The van der Waals surface area contributed by atoms with Gasteiger partial charge in [0.2, 0.25) is 0 Å². The van der Waals surface area contributed by atoms with Gasteiger partial charge in [0.1, 0.15) is 29.2 Å². The van der Waals surface area contributed by atoms with Crippen LogP contribution in [0.15, 0.2) is 30.3 Å². The molecule has 0 saturated carbocycles. The van der Waals surface area contributed by atoms with E-state index in [1.165, 1.54) is 0 Å². The van der Waals surface area contributed by atoms with Crippen molar-refractivity contribution in [3.8, 4) is 11.8 Å². The van der Waals surface area contributed by atoms with E-state index in [1.807, 2.05) is 18.2 Å². The average molecular weight is 240 g/mol. The molecule has 0 saturated heterocycles. The molecule has 0 aliphatic rings. The number of hydrogen-bond donors (Lipinski definition) is 2. The Balaban J connectivity index is 2.08. The zero-order chi connectivity index (χ0) is 13.0. The highest BCUT2D eigenvalue weighted by molar-refractivity contribution is 5.41. The van der Waals surface area contributed by atoms with E-state index in [-0.39, 0.29) is 5.75 Å². The zero-order valence-electron chi connectivity index (χ0n) is 9.88. The number of aromatic nitrogens is 2. The third-order valence-corrected chi connectivity index (χ3v) is 2.36. The maximum absolute atomic E-state index is 9.17. The molecular formula is C13H12N4O. The van der Waals surface area contributed by atoms with Crippen LogP contribution in [-0.4, -0.2) is 15.1 Å². The van der Waals surface area contributed by atoms with E-state index in [2.05, 4.69) is 15.3 Å². The summed E-state index contributed by atoms with van der Waals surface area (Å²) in [6.45, 7) is 2.31. The van der Waals surface area contributed by atoms with E-state index in [0.717, 1.165) is 5.56 Å². The molecule has 1 aromatic carbocycles. The van der Waals surface area contributed by atoms with Gasteiger partial charge in [0.15, 0.2) is 0 Å². The SMILES string of the molecule is Cc1nc(C#N)cc(NCc2ccc(O)cc2)n1. The number of nitriles is 1. The fourth-order valence-corrected chi connectivity index (χ4v) is 1.52. The third-order valence-electron chi connectivity index (χ3n) is 2.36. The summed E-state index contributed by atoms with van der Waals surface area (Å²) in [6.07, 6.45) is 0. The number of aromatic hydroxyl groups is 1. The summed E-state index contributed by atoms with van der Waals surface area (Å²) >= 11 is 0. The lowest BCUT2D eigenvalue weighted by Crippen LogP contribution is -2.04. The minimum Gasteiger partial charge on any atom is -0.508 e. The second-order valence-corrected chi connectivity index (χ2v) is 3.82. The highest BCUT2D eigenvalue weighted by Crippen LogP contribution is 2.12. The lowest BCUT2D eigenvalue weighted by molar-refractivity contribution is 0.475. The second-order valence-electron chi connectivity index (χ2n) is 3.82. The topological polar surface area (TPSA) is 81.8 Å². The van der Waals surface area contributed by atoms with Gasteiger partial charge in [-0.2, -0.15) is 5.26 Å². The van der Waals surface area contributed by atoms with Crippen molar-refractivity contribution in [2.24, 2.45) is 0 Å². The molecular weight excluding hydrogens is 228 g/mol. The smallest absolute Gasteiger partial charge is 0.146 e. The monoisotopic (exact) mass is 240 g/mol. The fourth-order valence-electron chi connectivity index (χ4n) is 1.52. The number of anilines is 1. The van der Waals surface area contributed by atoms with Crippen molar-refractivity contribution in [2.75, 3.05) is 5.32 Å². The Kier molecular flexibility index (Phi) is 3.39. The number of nitrogens with one attached hydrogen (secondary N) is 1. The maximum atomic E-state index is 9.17. The Morgan fingerprint density at radius 3 is 2.67 bits per heavy atom. The standard InChI is InChI=1S/C13H12N4O/c1-9-16-11(7-14)6-13(17-9)15-8-10-2-4-12(18)5-3-10/h2-6,18H,8H2,1H3,(H,15,16,17). The van der Waals surface area contributed by atoms with E-state index >= 15 is 0 Å². The molecule has 18 heavy (non-hydrogen) atoms. The van der Waals surface area contributed by atoms with Crippen LogP contribution in [-0.2, 0) is 6.54 Å². The van der Waals surface area contributed by atoms with Gasteiger partial charge in [0.25, 0.3) is 0 Å². The average Bonchev–Trinajstić information content (AvgIpc) is 2.37. The van der Waals surface area contributed by atoms with Crippen molar-refractivity contribution in [2.45, 2.75) is 13.5 Å². The molecule has 0 amide bonds. The fraction of sp³-hybridized carbons (Fsp3) is 0.154. The van der Waals surface area contributed by atoms with Gasteiger partial charge in [-0.1, -0.05) is 12.1 Å². The highest BCUT2D eigenvalue weighted by Gasteiger charge is 2.01. The molecule has 0 fully saturated rings. The van der Waals surface area contributed by atoms with Gasteiger partial charge in [0.05, 0.1) is 0 Å². The van der Waals surface area contributed by atoms with E-state index in [0.29, 0.717) is 23.9 Å². The Morgan fingerprint density at radius 2 is 2.00 bits per heavy atom. The number of benzene rings is 1. The number of hydrogen-bond acceptors (Lipinski definition) is 5. The normalized spacial score (nSPS) is 9.78. The summed E-state index contributed by atoms with van der Waals surface area (Å²) in [7, 11) is 0. The summed E-state index contributed by atoms with van der Waals surface area (Å²) in [5.74, 6) is 1.41. The molecule has 5 nitrogen and oxygen atoms in total. The molecule has 5 heteroatoms. The van der Waals surface area contributed by atoms with Gasteiger partial charge < -0.3 is 10.4 Å². The first-order valence-electron chi connectivity index (χ1n) is 5.45. The van der Waals surface area contributed by atoms with Crippen LogP contribution in [0.4, 0.5) is 5.82 Å². The van der Waals surface area contributed by atoms with Crippen LogP contribution in [0.5, 0.6) is 5.75 Å². The van der Waals surface area contributed by atoms with Gasteiger partial charge in [0, 0.05) is 12.6 Å². The first-order valence-corrected chi connectivity index (χ1v) is 5.45. The molecule has 0 radical (unpaired) electrons. The summed E-state index contributed by atoms with van der Waals surface area (Å²) in [5.41, 5.74) is 1.36. The number of nitrogens with zero attached hydrogens (tertiary/aromatic N) is 3. The molecule has 0 atom stereocenters. The Labute approximate surface area is 105 Å². The van der Waals surface area contributed by atoms with Crippen molar-refractivity contribution in [1.29, 1.82) is 5.26 Å². The summed E-state index contributed by atoms with van der Waals surface area (Å²) in [6, 6.07) is 10.5. The minimum atomic E-state index is 0.239. The number of rotatable bonds is 3. The first-order chi connectivity index (χ1) is 8.67. The van der Waals surface area contributed by atoms with Crippen LogP contribution in [0.3, 0.4) is 0 Å². The molecule has 90 valence electrons. The molecule has 2 N–H and O–H groups in total. The number of phenols is 1. The number of phenolic OH excluding ortho intramolecular Hbond substituents is 1. The van der Waals surface area contributed by atoms with Gasteiger partial charge in [-0.05, 0) is 24.6 Å². The highest BCUT2D eigenvalue weighted by atomic mass is 16.3. The van der Waals surface area contributed by atoms with Crippen LogP contribution in [0.1, 0.15) is 17.1 Å². The third kappa shape index (κ3) is 2.95. The Hall–Kier alpha value is -2.61. The van der Waals surface area contributed by atoms with Crippen LogP contribution in [0, 0.1) is 18.3 Å². The van der Waals surface area contributed by atoms with E-state index in [4.69, 9.17) is 10.4 Å². The summed E-state index contributed by atoms with van der Waals surface area (Å²) in [4.78, 5) is 8.17. The molecule has 0 bridgehead atoms. The summed E-state index contributed by atoms with van der Waals surface area (Å²) in [5, 5.41) is 21.1. The van der Waals surface area contributed by atoms with Gasteiger partial charge >= 0.3 is 0 Å². The van der Waals surface area contributed by atoms with Crippen molar-refractivity contribution in [3.63, 3.8) is 0 Å². The van der Waals surface area contributed by atoms with Crippen LogP contribution in [0.2, 0.25) is 0 Å². The second kappa shape index (κ2) is 5.15. The van der Waals surface area contributed by atoms with Crippen LogP contribution < -0.4 is 5.32 Å². The van der Waals surface area contributed by atoms with Gasteiger partial charge in [-0.15, -0.1) is 0 Å². The molecule has 1 aromatic heterocycles. The molecule has 0 spiro atoms. The molecule has 0 unspecified atom stereocenters. The van der Waals surface area contributed by atoms with Crippen molar-refractivity contribution >= 4 is 5.82 Å². The summed E-state index contributed by atoms with van der Waals surface area (Å²) < 4.78 is 0. The van der Waals surface area contributed by atoms with Gasteiger partial charge in [-0.3, -0.25) is 0 Å². The minimum absolute atomic E-state index is 0.239. The largest absolute Gasteiger partial charge is 0.508 e. The van der Waals surface area contributed by atoms with E-state index in [9.17, 15) is 0 Å². The van der Waals surface area contributed by atoms with Crippen molar-refractivity contribution in [3.05, 3.63) is 47.4 Å². The molecule has 1 heterocycles. The van der Waals surface area contributed by atoms with Gasteiger partial charge in [-0.25, -0.2) is 9.97 Å². The Bertz CT molecular complexity index is 587. The predicted molar refractivity (Wildman–Crippen MR) is 66.9 cm³/mol. The lowest BCUT2D eigenvalue weighted by Gasteiger charge is -2.06. The first kappa shape index (κ1) is 11.9. The zero-order valence-corrected chi connectivity index (χ0v) is 9.88. The molecule has 2 aromatic rings. The predicted octanol–water partition coefficient (Wildman–Crippen LogP) is 1.97. The Morgan fingerprint density at radius 1 is 1.28 bits per heavy atom. The molecule has 0 aliphatic carbocycles. The van der Waals surface area contributed by atoms with E-state index in [1.54, 1.807) is 25.1 Å². The van der Waals surface area contributed by atoms with Crippen LogP contribution >= 0.6 is 0 Å². The quantitative estimate of drug-likeness (QED) is 0.857. The number of aryl methyl sites for hydroxylation is 1. The molecule has 0 aliphatic heterocycles. The van der Waals surface area contributed by atoms with Crippen LogP contribution in [0.25, 0.3) is 0 Å². The molecule has 2 rings (SSSR count). The van der Waals surface area contributed by atoms with Crippen molar-refractivity contribution in [1.82, 2.24) is 9.97 Å². The maximum Gasteiger partial charge on any atom is 0.146 e. The van der Waals surface area contributed by atoms with Crippen molar-refractivity contribution < 1.29 is 5.11 Å².